The summed E-state index contributed by atoms with van der Waals surface area (Å²) >= 11 is 0. The van der Waals surface area contributed by atoms with E-state index >= 15 is 0 Å². The normalized spacial score (nSPS) is 27.3. The molecule has 31 heavy (non-hydrogen) atoms. The first-order valence-electron chi connectivity index (χ1n) is 12.1. The molecule has 0 radical (unpaired) electrons. The van der Waals surface area contributed by atoms with Crippen molar-refractivity contribution in [3.63, 3.8) is 0 Å². The highest BCUT2D eigenvalue weighted by atomic mass is 28.4. The zero-order valence-electron chi connectivity index (χ0n) is 20.7. The third-order valence-electron chi connectivity index (χ3n) is 6.51. The van der Waals surface area contributed by atoms with Crippen molar-refractivity contribution in [3.8, 4) is 0 Å². The highest BCUT2D eigenvalue weighted by Gasteiger charge is 2.44. The zero-order valence-corrected chi connectivity index (χ0v) is 22.7. The average Bonchev–Trinajstić information content (AvgIpc) is 3.67. The van der Waals surface area contributed by atoms with Crippen LogP contribution in [0.25, 0.3) is 0 Å². The molecule has 0 bridgehead atoms. The number of ether oxygens (including phenoxy) is 3. The van der Waals surface area contributed by atoms with E-state index in [0.717, 1.165) is 57.5 Å². The van der Waals surface area contributed by atoms with Crippen molar-refractivity contribution in [2.24, 2.45) is 5.92 Å². The lowest BCUT2D eigenvalue weighted by molar-refractivity contribution is 0.113. The molecular weight excluding hydrogens is 432 g/mol. The monoisotopic (exact) mass is 478 g/mol. The SMILES string of the molecule is CCO[Si](C)(CCCOCC1CO1)OCC.CO[Si](C)(CCC1CCC2OC2C1)OC. The largest absolute Gasteiger partial charge is 0.398 e. The molecule has 0 spiro atoms. The molecule has 4 atom stereocenters. The summed E-state index contributed by atoms with van der Waals surface area (Å²) in [5, 5.41) is 0. The Hall–Kier alpha value is 0.154. The van der Waals surface area contributed by atoms with Crippen molar-refractivity contribution in [2.45, 2.75) is 89.4 Å². The van der Waals surface area contributed by atoms with Crippen LogP contribution < -0.4 is 0 Å². The number of hydrogen-bond donors (Lipinski definition) is 0. The third kappa shape index (κ3) is 10.7. The maximum Gasteiger partial charge on any atom is 0.334 e. The first-order chi connectivity index (χ1) is 14.9. The molecule has 3 fully saturated rings. The fourth-order valence-corrected chi connectivity index (χ4v) is 8.06. The fourth-order valence-electron chi connectivity index (χ4n) is 4.17. The fraction of sp³-hybridized carbons (Fsp3) is 1.00. The Bertz CT molecular complexity index is 482. The minimum Gasteiger partial charge on any atom is -0.398 e. The van der Waals surface area contributed by atoms with Gasteiger partial charge in [0.15, 0.2) is 0 Å². The van der Waals surface area contributed by atoms with E-state index in [-0.39, 0.29) is 0 Å². The molecule has 4 unspecified atom stereocenters. The first kappa shape index (κ1) is 27.4. The Morgan fingerprint density at radius 3 is 2.13 bits per heavy atom. The molecule has 2 saturated heterocycles. The minimum absolute atomic E-state index is 0.363. The summed E-state index contributed by atoms with van der Waals surface area (Å²) in [7, 11) is -0.204. The summed E-state index contributed by atoms with van der Waals surface area (Å²) in [5.41, 5.74) is 0. The molecule has 2 aliphatic heterocycles. The van der Waals surface area contributed by atoms with E-state index in [9.17, 15) is 0 Å². The molecule has 7 nitrogen and oxygen atoms in total. The van der Waals surface area contributed by atoms with Crippen molar-refractivity contribution in [1.29, 1.82) is 0 Å². The maximum atomic E-state index is 5.75. The minimum atomic E-state index is -1.92. The number of hydrogen-bond acceptors (Lipinski definition) is 7. The van der Waals surface area contributed by atoms with Gasteiger partial charge in [-0.25, -0.2) is 0 Å². The molecule has 0 aromatic heterocycles. The second-order valence-corrected chi connectivity index (χ2v) is 16.0. The molecule has 1 saturated carbocycles. The molecule has 0 aromatic carbocycles. The van der Waals surface area contributed by atoms with Crippen molar-refractivity contribution in [3.05, 3.63) is 0 Å². The Balaban J connectivity index is 0.000000220. The van der Waals surface area contributed by atoms with Crippen molar-refractivity contribution in [2.75, 3.05) is 47.3 Å². The van der Waals surface area contributed by atoms with Crippen LogP contribution in [0.4, 0.5) is 0 Å². The van der Waals surface area contributed by atoms with Crippen molar-refractivity contribution in [1.82, 2.24) is 0 Å². The van der Waals surface area contributed by atoms with E-state index < -0.39 is 17.1 Å². The van der Waals surface area contributed by atoms with E-state index in [1.54, 1.807) is 14.2 Å². The van der Waals surface area contributed by atoms with E-state index in [0.29, 0.717) is 18.3 Å². The van der Waals surface area contributed by atoms with E-state index in [1.165, 1.54) is 25.7 Å². The quantitative estimate of drug-likeness (QED) is 0.198. The van der Waals surface area contributed by atoms with E-state index in [1.807, 2.05) is 13.8 Å². The summed E-state index contributed by atoms with van der Waals surface area (Å²) in [5.74, 6) is 0.839. The predicted molar refractivity (Wildman–Crippen MR) is 126 cm³/mol. The summed E-state index contributed by atoms with van der Waals surface area (Å²) in [6.07, 6.45) is 7.71. The number of epoxide rings is 2. The molecule has 3 rings (SSSR count). The predicted octanol–water partition coefficient (Wildman–Crippen LogP) is 4.25. The van der Waals surface area contributed by atoms with Gasteiger partial charge in [0.1, 0.15) is 6.10 Å². The molecule has 1 aliphatic carbocycles. The van der Waals surface area contributed by atoms with Crippen LogP contribution in [-0.4, -0.2) is 82.7 Å². The van der Waals surface area contributed by atoms with Crippen molar-refractivity contribution < 1.29 is 31.9 Å². The highest BCUT2D eigenvalue weighted by Crippen LogP contribution is 2.41. The standard InChI is InChI=1S/C11H24O4Si.C11H22O3Si/c1-4-14-16(3,15-5-2)8-6-7-12-9-11-10-13-11;1-12-15(3,13-2)7-6-9-4-5-10-11(8-9)14-10/h11H,4-10H2,1-3H3;9-11H,4-8H2,1-3H3. The molecule has 0 amide bonds. The number of rotatable bonds is 15. The smallest absolute Gasteiger partial charge is 0.334 e. The van der Waals surface area contributed by atoms with Gasteiger partial charge >= 0.3 is 17.1 Å². The van der Waals surface area contributed by atoms with Gasteiger partial charge in [0, 0.05) is 34.0 Å². The second-order valence-electron chi connectivity index (χ2n) is 9.11. The summed E-state index contributed by atoms with van der Waals surface area (Å²) < 4.78 is 38.6. The Labute approximate surface area is 191 Å². The van der Waals surface area contributed by atoms with Gasteiger partial charge in [-0.3, -0.25) is 0 Å². The Morgan fingerprint density at radius 2 is 1.58 bits per heavy atom. The molecule has 9 heteroatoms. The molecule has 2 heterocycles. The zero-order chi connectivity index (χ0) is 22.7. The van der Waals surface area contributed by atoms with Crippen LogP contribution in [0.5, 0.6) is 0 Å². The lowest BCUT2D eigenvalue weighted by atomic mass is 9.88. The van der Waals surface area contributed by atoms with E-state index in [4.69, 9.17) is 31.9 Å². The van der Waals surface area contributed by atoms with Gasteiger partial charge in [-0.1, -0.05) is 0 Å². The van der Waals surface area contributed by atoms with Crippen LogP contribution in [0.3, 0.4) is 0 Å². The molecule has 3 aliphatic rings. The van der Waals surface area contributed by atoms with Crippen molar-refractivity contribution >= 4 is 17.1 Å². The van der Waals surface area contributed by atoms with Crippen LogP contribution in [0.2, 0.25) is 25.2 Å². The second kappa shape index (κ2) is 13.8. The van der Waals surface area contributed by atoms with Gasteiger partial charge in [0.05, 0.1) is 25.4 Å². The lowest BCUT2D eigenvalue weighted by Crippen LogP contribution is -2.38. The maximum absolute atomic E-state index is 5.75. The molecule has 0 aromatic rings. The summed E-state index contributed by atoms with van der Waals surface area (Å²) in [4.78, 5) is 0. The van der Waals surface area contributed by atoms with Crippen LogP contribution in [0.15, 0.2) is 0 Å². The lowest BCUT2D eigenvalue weighted by Gasteiger charge is -2.26. The topological polar surface area (TPSA) is 71.2 Å². The van der Waals surface area contributed by atoms with Gasteiger partial charge in [-0.2, -0.15) is 0 Å². The number of fused-ring (bicyclic) bond motifs is 1. The van der Waals surface area contributed by atoms with Gasteiger partial charge in [0.25, 0.3) is 0 Å². The highest BCUT2D eigenvalue weighted by molar-refractivity contribution is 6.66. The molecule has 0 N–H and O–H groups in total. The van der Waals surface area contributed by atoms with E-state index in [2.05, 4.69) is 13.1 Å². The Kier molecular flexibility index (Phi) is 12.2. The van der Waals surface area contributed by atoms with Gasteiger partial charge in [-0.05, 0) is 77.1 Å². The first-order valence-corrected chi connectivity index (χ1v) is 17.1. The van der Waals surface area contributed by atoms with Crippen LogP contribution >= 0.6 is 0 Å². The molecular formula is C22H46O7Si2. The van der Waals surface area contributed by atoms with Gasteiger partial charge in [0.2, 0.25) is 0 Å². The Morgan fingerprint density at radius 1 is 0.903 bits per heavy atom. The van der Waals surface area contributed by atoms with Crippen LogP contribution in [0.1, 0.15) is 46.0 Å². The van der Waals surface area contributed by atoms with Crippen LogP contribution in [0, 0.1) is 5.92 Å². The summed E-state index contributed by atoms with van der Waals surface area (Å²) in [6, 6.07) is 2.11. The van der Waals surface area contributed by atoms with Gasteiger partial charge in [-0.15, -0.1) is 0 Å². The summed E-state index contributed by atoms with van der Waals surface area (Å²) in [6.45, 7) is 12.2. The average molecular weight is 479 g/mol. The third-order valence-corrected chi connectivity index (χ3v) is 12.5. The van der Waals surface area contributed by atoms with Crippen LogP contribution in [-0.2, 0) is 31.9 Å². The van der Waals surface area contributed by atoms with Gasteiger partial charge < -0.3 is 31.9 Å². The molecule has 184 valence electrons.